The van der Waals surface area contributed by atoms with Crippen LogP contribution in [-0.4, -0.2) is 37.3 Å². The summed E-state index contributed by atoms with van der Waals surface area (Å²) in [4.78, 5) is -0.440. The molecule has 1 fully saturated rings. The van der Waals surface area contributed by atoms with E-state index in [1.807, 2.05) is 0 Å². The van der Waals surface area contributed by atoms with Gasteiger partial charge in [-0.1, -0.05) is 11.6 Å². The monoisotopic (exact) mass is 324 g/mol. The third-order valence-corrected chi connectivity index (χ3v) is 6.00. The lowest BCUT2D eigenvalue weighted by molar-refractivity contribution is 0.430. The van der Waals surface area contributed by atoms with Gasteiger partial charge in [0.05, 0.1) is 5.69 Å². The van der Waals surface area contributed by atoms with Gasteiger partial charge in [-0.15, -0.1) is 0 Å². The molecule has 0 amide bonds. The van der Waals surface area contributed by atoms with Crippen LogP contribution in [0.15, 0.2) is 17.0 Å². The Morgan fingerprint density at radius 2 is 2.05 bits per heavy atom. The summed E-state index contributed by atoms with van der Waals surface area (Å²) in [6, 6.07) is 2.31. The van der Waals surface area contributed by atoms with Crippen LogP contribution < -0.4 is 5.73 Å². The molecule has 4 nitrogen and oxygen atoms in total. The smallest absolute Gasteiger partial charge is 0.246 e. The lowest BCUT2D eigenvalue weighted by Crippen LogP contribution is -2.33. The second-order valence-corrected chi connectivity index (χ2v) is 7.74. The normalized spacial score (nSPS) is 18.2. The molecule has 0 aromatic heterocycles. The molecular weight excluding hydrogens is 311 g/mol. The Hall–Kier alpha value is -0.500. The van der Waals surface area contributed by atoms with E-state index in [9.17, 15) is 12.8 Å². The molecule has 1 aliphatic rings. The molecule has 0 unspecified atom stereocenters. The number of nitrogens with zero attached hydrogens (tertiary/aromatic N) is 1. The minimum absolute atomic E-state index is 0.113. The van der Waals surface area contributed by atoms with Gasteiger partial charge in [0.1, 0.15) is 4.90 Å². The van der Waals surface area contributed by atoms with Crippen molar-refractivity contribution in [1.29, 1.82) is 0 Å². The van der Waals surface area contributed by atoms with Gasteiger partial charge in [0.2, 0.25) is 10.0 Å². The maximum atomic E-state index is 13.9. The van der Waals surface area contributed by atoms with E-state index in [2.05, 4.69) is 0 Å². The molecule has 0 spiro atoms. The summed E-state index contributed by atoms with van der Waals surface area (Å²) in [6.07, 6.45) is 0.752. The van der Waals surface area contributed by atoms with Crippen LogP contribution in [0.2, 0.25) is 5.02 Å². The van der Waals surface area contributed by atoms with Crippen molar-refractivity contribution >= 4 is 39.1 Å². The molecule has 1 aliphatic heterocycles. The van der Waals surface area contributed by atoms with Gasteiger partial charge in [-0.25, -0.2) is 12.8 Å². The van der Waals surface area contributed by atoms with E-state index in [1.54, 1.807) is 11.8 Å². The first-order valence-corrected chi connectivity index (χ1v) is 8.72. The number of thioether (sulfide) groups is 1. The van der Waals surface area contributed by atoms with Crippen molar-refractivity contribution in [2.45, 2.75) is 11.3 Å². The van der Waals surface area contributed by atoms with Crippen LogP contribution >= 0.6 is 23.4 Å². The molecule has 19 heavy (non-hydrogen) atoms. The minimum atomic E-state index is -3.88. The highest BCUT2D eigenvalue weighted by Gasteiger charge is 2.29. The predicted molar refractivity (Wildman–Crippen MR) is 76.5 cm³/mol. The zero-order chi connectivity index (χ0) is 14.0. The summed E-state index contributed by atoms with van der Waals surface area (Å²) in [5.74, 6) is 0.685. The molecule has 0 bridgehead atoms. The highest BCUT2D eigenvalue weighted by molar-refractivity contribution is 7.99. The molecule has 2 N–H and O–H groups in total. The van der Waals surface area contributed by atoms with E-state index in [-0.39, 0.29) is 10.7 Å². The van der Waals surface area contributed by atoms with Gasteiger partial charge in [0.15, 0.2) is 5.82 Å². The van der Waals surface area contributed by atoms with Crippen molar-refractivity contribution in [3.63, 3.8) is 0 Å². The summed E-state index contributed by atoms with van der Waals surface area (Å²) in [6.45, 7) is 0.764. The fourth-order valence-corrected chi connectivity index (χ4v) is 4.77. The number of anilines is 1. The zero-order valence-electron chi connectivity index (χ0n) is 10.1. The summed E-state index contributed by atoms with van der Waals surface area (Å²) >= 11 is 7.46. The van der Waals surface area contributed by atoms with E-state index in [4.69, 9.17) is 17.3 Å². The van der Waals surface area contributed by atoms with Gasteiger partial charge in [-0.3, -0.25) is 0 Å². The number of hydrogen-bond donors (Lipinski definition) is 1. The summed E-state index contributed by atoms with van der Waals surface area (Å²) in [5, 5.41) is 0.113. The van der Waals surface area contributed by atoms with Crippen LogP contribution in [0.25, 0.3) is 0 Å². The van der Waals surface area contributed by atoms with Crippen molar-refractivity contribution in [2.24, 2.45) is 0 Å². The maximum Gasteiger partial charge on any atom is 0.246 e. The fraction of sp³-hybridized carbons (Fsp3) is 0.455. The Bertz CT molecular complexity index is 572. The molecule has 106 valence electrons. The summed E-state index contributed by atoms with van der Waals surface area (Å²) in [5.41, 5.74) is 5.18. The van der Waals surface area contributed by atoms with Crippen LogP contribution in [0, 0.1) is 5.82 Å². The Kier molecular flexibility index (Phi) is 4.60. The van der Waals surface area contributed by atoms with Gasteiger partial charge >= 0.3 is 0 Å². The van der Waals surface area contributed by atoms with Crippen molar-refractivity contribution < 1.29 is 12.8 Å². The Labute approximate surface area is 121 Å². The van der Waals surface area contributed by atoms with Crippen LogP contribution in [0.1, 0.15) is 6.42 Å². The number of rotatable bonds is 2. The van der Waals surface area contributed by atoms with Crippen molar-refractivity contribution in [3.05, 3.63) is 23.0 Å². The number of nitrogen functional groups attached to an aromatic ring is 1. The molecule has 0 aliphatic carbocycles. The number of sulfonamides is 1. The third-order valence-electron chi connectivity index (χ3n) is 2.83. The second kappa shape index (κ2) is 5.87. The zero-order valence-corrected chi connectivity index (χ0v) is 12.5. The molecule has 1 saturated heterocycles. The topological polar surface area (TPSA) is 63.4 Å². The third kappa shape index (κ3) is 3.16. The first kappa shape index (κ1) is 14.9. The minimum Gasteiger partial charge on any atom is -0.396 e. The number of benzene rings is 1. The summed E-state index contributed by atoms with van der Waals surface area (Å²) < 4.78 is 40.1. The largest absolute Gasteiger partial charge is 0.396 e. The molecule has 0 saturated carbocycles. The molecule has 1 heterocycles. The first-order chi connectivity index (χ1) is 8.93. The van der Waals surface area contributed by atoms with Crippen LogP contribution in [0.4, 0.5) is 10.1 Å². The van der Waals surface area contributed by atoms with Gasteiger partial charge in [-0.2, -0.15) is 16.1 Å². The van der Waals surface area contributed by atoms with E-state index < -0.39 is 20.7 Å². The van der Waals surface area contributed by atoms with Crippen molar-refractivity contribution in [3.8, 4) is 0 Å². The quantitative estimate of drug-likeness (QED) is 0.847. The van der Waals surface area contributed by atoms with Gasteiger partial charge in [0, 0.05) is 23.9 Å². The number of halogens is 2. The van der Waals surface area contributed by atoms with Crippen LogP contribution in [0.3, 0.4) is 0 Å². The predicted octanol–water partition coefficient (Wildman–Crippen LogP) is 2.19. The van der Waals surface area contributed by atoms with E-state index in [1.165, 1.54) is 10.4 Å². The average molecular weight is 325 g/mol. The standard InChI is InChI=1S/C11H14ClFN2O2S2/c12-8-6-9(14)11(13)10(7-8)19(16,17)15-2-1-4-18-5-3-15/h6-7H,1-5,14H2. The lowest BCUT2D eigenvalue weighted by Gasteiger charge is -2.20. The molecule has 0 radical (unpaired) electrons. The summed E-state index contributed by atoms with van der Waals surface area (Å²) in [7, 11) is -3.88. The van der Waals surface area contributed by atoms with Gasteiger partial charge in [0.25, 0.3) is 0 Å². The Morgan fingerprint density at radius 3 is 2.79 bits per heavy atom. The highest BCUT2D eigenvalue weighted by Crippen LogP contribution is 2.28. The molecule has 8 heteroatoms. The van der Waals surface area contributed by atoms with Crippen LogP contribution in [-0.2, 0) is 10.0 Å². The molecular formula is C11H14ClFN2O2S2. The Balaban J connectivity index is 2.44. The second-order valence-electron chi connectivity index (χ2n) is 4.18. The van der Waals surface area contributed by atoms with Gasteiger partial charge in [-0.05, 0) is 24.3 Å². The van der Waals surface area contributed by atoms with Crippen molar-refractivity contribution in [2.75, 3.05) is 30.3 Å². The van der Waals surface area contributed by atoms with E-state index in [0.29, 0.717) is 18.8 Å². The average Bonchev–Trinajstić information content (AvgIpc) is 2.62. The van der Waals surface area contributed by atoms with Gasteiger partial charge < -0.3 is 5.73 Å². The van der Waals surface area contributed by atoms with E-state index in [0.717, 1.165) is 18.2 Å². The molecule has 1 aromatic carbocycles. The van der Waals surface area contributed by atoms with Crippen LogP contribution in [0.5, 0.6) is 0 Å². The SMILES string of the molecule is Nc1cc(Cl)cc(S(=O)(=O)N2CCCSCC2)c1F. The molecule has 1 aromatic rings. The molecule has 2 rings (SSSR count). The fourth-order valence-electron chi connectivity index (χ4n) is 1.87. The number of nitrogens with two attached hydrogens (primary N) is 1. The van der Waals surface area contributed by atoms with Crippen molar-refractivity contribution in [1.82, 2.24) is 4.31 Å². The first-order valence-electron chi connectivity index (χ1n) is 5.75. The Morgan fingerprint density at radius 1 is 1.32 bits per heavy atom. The maximum absolute atomic E-state index is 13.9. The lowest BCUT2D eigenvalue weighted by atomic mass is 10.3. The number of hydrogen-bond acceptors (Lipinski definition) is 4. The molecule has 0 atom stereocenters. The van der Waals surface area contributed by atoms with E-state index >= 15 is 0 Å². The highest BCUT2D eigenvalue weighted by atomic mass is 35.5.